The van der Waals surface area contributed by atoms with Gasteiger partial charge in [0.15, 0.2) is 5.76 Å². The van der Waals surface area contributed by atoms with E-state index in [2.05, 4.69) is 0 Å². The second kappa shape index (κ2) is 8.46. The zero-order valence-electron chi connectivity index (χ0n) is 14.3. The zero-order chi connectivity index (χ0) is 19.3. The lowest BCUT2D eigenvalue weighted by atomic mass is 10.1. The lowest BCUT2D eigenvalue weighted by Crippen LogP contribution is -2.41. The molecule has 0 radical (unpaired) electrons. The first-order valence-electron chi connectivity index (χ1n) is 7.87. The second-order valence-electron chi connectivity index (χ2n) is 5.81. The number of aliphatic carboxylic acids is 1. The molecule has 0 saturated carbocycles. The van der Waals surface area contributed by atoms with Crippen LogP contribution in [0.25, 0.3) is 0 Å². The van der Waals surface area contributed by atoms with E-state index in [-0.39, 0.29) is 12.4 Å². The van der Waals surface area contributed by atoms with Gasteiger partial charge in [-0.3, -0.25) is 4.79 Å². The van der Waals surface area contributed by atoms with E-state index in [0.717, 1.165) is 11.1 Å². The molecule has 0 aliphatic carbocycles. The predicted octanol–water partition coefficient (Wildman–Crippen LogP) is 3.31. The minimum atomic E-state index is -2.85. The summed E-state index contributed by atoms with van der Waals surface area (Å²) in [4.78, 5) is 22.9. The van der Waals surface area contributed by atoms with Crippen LogP contribution in [-0.2, 0) is 11.4 Å². The third kappa shape index (κ3) is 5.30. The Labute approximate surface area is 148 Å². The van der Waals surface area contributed by atoms with Crippen LogP contribution in [0, 0.1) is 13.8 Å². The van der Waals surface area contributed by atoms with E-state index in [1.54, 1.807) is 0 Å². The Hall–Kier alpha value is -2.90. The summed E-state index contributed by atoms with van der Waals surface area (Å²) >= 11 is 0. The van der Waals surface area contributed by atoms with Crippen molar-refractivity contribution in [2.75, 3.05) is 0 Å². The maximum Gasteiger partial charge on any atom is 0.326 e. The fraction of sp³-hybridized carbons (Fsp3) is 0.333. The molecule has 1 aromatic carbocycles. The van der Waals surface area contributed by atoms with Crippen LogP contribution < -0.4 is 10.1 Å². The third-order valence-electron chi connectivity index (χ3n) is 3.60. The number of amides is 1. The van der Waals surface area contributed by atoms with Crippen molar-refractivity contribution >= 4 is 11.9 Å². The number of furan rings is 1. The quantitative estimate of drug-likeness (QED) is 0.747. The molecule has 0 bridgehead atoms. The molecular formula is C18H19F2NO5. The molecule has 1 amide bonds. The lowest BCUT2D eigenvalue weighted by molar-refractivity contribution is -0.140. The van der Waals surface area contributed by atoms with Gasteiger partial charge in [0.1, 0.15) is 24.2 Å². The van der Waals surface area contributed by atoms with Gasteiger partial charge in [-0.05, 0) is 37.6 Å². The molecule has 1 aromatic heterocycles. The van der Waals surface area contributed by atoms with Crippen molar-refractivity contribution < 1.29 is 32.6 Å². The predicted molar refractivity (Wildman–Crippen MR) is 88.5 cm³/mol. The lowest BCUT2D eigenvalue weighted by Gasteiger charge is -2.12. The highest BCUT2D eigenvalue weighted by molar-refractivity contribution is 5.94. The van der Waals surface area contributed by atoms with Crippen LogP contribution in [0.2, 0.25) is 0 Å². The number of carbonyl (C=O) groups is 2. The number of halogens is 2. The number of rotatable bonds is 8. The molecule has 0 fully saturated rings. The highest BCUT2D eigenvalue weighted by Crippen LogP contribution is 2.20. The Bertz CT molecular complexity index is 788. The van der Waals surface area contributed by atoms with Crippen molar-refractivity contribution in [3.05, 3.63) is 53.0 Å². The van der Waals surface area contributed by atoms with Gasteiger partial charge in [-0.1, -0.05) is 17.7 Å². The molecule has 0 spiro atoms. The maximum atomic E-state index is 12.4. The van der Waals surface area contributed by atoms with Gasteiger partial charge in [-0.25, -0.2) is 13.6 Å². The maximum absolute atomic E-state index is 12.4. The molecule has 2 N–H and O–H groups in total. The SMILES string of the molecule is Cc1ccc(OCc2ccc(C(=O)NC(CC(F)F)C(=O)O)o2)c(C)c1. The highest BCUT2D eigenvalue weighted by Gasteiger charge is 2.25. The number of carboxylic acid groups (broad SMARTS) is 1. The Kier molecular flexibility index (Phi) is 6.32. The first-order valence-corrected chi connectivity index (χ1v) is 7.87. The van der Waals surface area contributed by atoms with Crippen LogP contribution in [0.15, 0.2) is 34.7 Å². The Morgan fingerprint density at radius 3 is 2.58 bits per heavy atom. The van der Waals surface area contributed by atoms with Gasteiger partial charge in [0.05, 0.1) is 0 Å². The van der Waals surface area contributed by atoms with E-state index < -0.39 is 30.8 Å². The summed E-state index contributed by atoms with van der Waals surface area (Å²) in [5.74, 6) is -1.58. The second-order valence-corrected chi connectivity index (χ2v) is 5.81. The number of hydrogen-bond donors (Lipinski definition) is 2. The summed E-state index contributed by atoms with van der Waals surface area (Å²) in [5.41, 5.74) is 2.05. The highest BCUT2D eigenvalue weighted by atomic mass is 19.3. The van der Waals surface area contributed by atoms with Crippen molar-refractivity contribution in [3.8, 4) is 5.75 Å². The van der Waals surface area contributed by atoms with E-state index in [1.165, 1.54) is 12.1 Å². The number of aryl methyl sites for hydroxylation is 2. The minimum absolute atomic E-state index is 0.0660. The number of ether oxygens (including phenoxy) is 1. The number of alkyl halides is 2. The summed E-state index contributed by atoms with van der Waals surface area (Å²) in [7, 11) is 0. The van der Waals surface area contributed by atoms with Crippen molar-refractivity contribution in [2.45, 2.75) is 39.3 Å². The van der Waals surface area contributed by atoms with Crippen molar-refractivity contribution in [1.29, 1.82) is 0 Å². The monoisotopic (exact) mass is 367 g/mol. The zero-order valence-corrected chi connectivity index (χ0v) is 14.3. The van der Waals surface area contributed by atoms with Gasteiger partial charge in [0.2, 0.25) is 6.43 Å². The number of benzene rings is 1. The van der Waals surface area contributed by atoms with Crippen molar-refractivity contribution in [2.24, 2.45) is 0 Å². The number of carboxylic acids is 1. The van der Waals surface area contributed by atoms with Crippen molar-refractivity contribution in [3.63, 3.8) is 0 Å². The summed E-state index contributed by atoms with van der Waals surface area (Å²) in [6.07, 6.45) is -3.83. The van der Waals surface area contributed by atoms with Crippen LogP contribution in [0.3, 0.4) is 0 Å². The fourth-order valence-electron chi connectivity index (χ4n) is 2.32. The molecule has 1 atom stereocenters. The van der Waals surface area contributed by atoms with Gasteiger partial charge < -0.3 is 19.6 Å². The van der Waals surface area contributed by atoms with E-state index in [4.69, 9.17) is 14.3 Å². The van der Waals surface area contributed by atoms with Gasteiger partial charge in [0, 0.05) is 6.42 Å². The van der Waals surface area contributed by atoms with Crippen LogP contribution in [0.4, 0.5) is 8.78 Å². The average Bonchev–Trinajstić information content (AvgIpc) is 3.02. The molecule has 140 valence electrons. The smallest absolute Gasteiger partial charge is 0.326 e. The molecule has 1 heterocycles. The van der Waals surface area contributed by atoms with Crippen LogP contribution in [0.1, 0.15) is 33.9 Å². The third-order valence-corrected chi connectivity index (χ3v) is 3.60. The van der Waals surface area contributed by atoms with E-state index in [9.17, 15) is 18.4 Å². The molecule has 0 aliphatic heterocycles. The number of carbonyl (C=O) groups excluding carboxylic acids is 1. The number of nitrogens with one attached hydrogen (secondary N) is 1. The normalized spacial score (nSPS) is 12.0. The molecular weight excluding hydrogens is 348 g/mol. The topological polar surface area (TPSA) is 88.8 Å². The fourth-order valence-corrected chi connectivity index (χ4v) is 2.32. The van der Waals surface area contributed by atoms with Crippen molar-refractivity contribution in [1.82, 2.24) is 5.32 Å². The van der Waals surface area contributed by atoms with Crippen LogP contribution in [0.5, 0.6) is 5.75 Å². The largest absolute Gasteiger partial charge is 0.485 e. The van der Waals surface area contributed by atoms with E-state index in [1.807, 2.05) is 37.4 Å². The Balaban J connectivity index is 1.97. The molecule has 2 aromatic rings. The van der Waals surface area contributed by atoms with Crippen LogP contribution in [-0.4, -0.2) is 29.5 Å². The van der Waals surface area contributed by atoms with Gasteiger partial charge >= 0.3 is 5.97 Å². The Morgan fingerprint density at radius 1 is 1.23 bits per heavy atom. The standard InChI is InChI=1S/C18H19F2NO5/c1-10-3-5-14(11(2)7-10)25-9-12-4-6-15(26-12)17(22)21-13(18(23)24)8-16(19)20/h3-7,13,16H,8-9H2,1-2H3,(H,21,22)(H,23,24). The van der Waals surface area contributed by atoms with Gasteiger partial charge in [-0.15, -0.1) is 0 Å². The summed E-state index contributed by atoms with van der Waals surface area (Å²) < 4.78 is 35.7. The van der Waals surface area contributed by atoms with E-state index in [0.29, 0.717) is 11.5 Å². The molecule has 2 rings (SSSR count). The van der Waals surface area contributed by atoms with Gasteiger partial charge in [-0.2, -0.15) is 0 Å². The molecule has 1 unspecified atom stereocenters. The first kappa shape index (κ1) is 19.4. The number of hydrogen-bond acceptors (Lipinski definition) is 4. The average molecular weight is 367 g/mol. The molecule has 0 aliphatic rings. The summed E-state index contributed by atoms with van der Waals surface area (Å²) in [6, 6.07) is 6.83. The molecule has 0 saturated heterocycles. The van der Waals surface area contributed by atoms with Gasteiger partial charge in [0.25, 0.3) is 5.91 Å². The minimum Gasteiger partial charge on any atom is -0.485 e. The molecule has 6 nitrogen and oxygen atoms in total. The van der Waals surface area contributed by atoms with E-state index >= 15 is 0 Å². The Morgan fingerprint density at radius 2 is 1.96 bits per heavy atom. The first-order chi connectivity index (χ1) is 12.3. The van der Waals surface area contributed by atoms with Crippen LogP contribution >= 0.6 is 0 Å². The summed E-state index contributed by atoms with van der Waals surface area (Å²) in [5, 5.41) is 10.9. The molecule has 26 heavy (non-hydrogen) atoms. The molecule has 8 heteroatoms. The summed E-state index contributed by atoms with van der Waals surface area (Å²) in [6.45, 7) is 3.93.